The molecular weight excluding hydrogens is 477 g/mol. The van der Waals surface area contributed by atoms with Crippen molar-refractivity contribution in [2.45, 2.75) is 45.7 Å². The number of carboxylic acids is 2. The van der Waals surface area contributed by atoms with E-state index in [1.54, 1.807) is 26.0 Å². The first-order valence-corrected chi connectivity index (χ1v) is 11.6. The molecule has 3 N–H and O–H groups in total. The molecule has 0 saturated carbocycles. The van der Waals surface area contributed by atoms with Crippen molar-refractivity contribution in [1.82, 2.24) is 0 Å². The van der Waals surface area contributed by atoms with Gasteiger partial charge in [0, 0.05) is 18.8 Å². The molecule has 8 nitrogen and oxygen atoms in total. The zero-order valence-corrected chi connectivity index (χ0v) is 20.1. The lowest BCUT2D eigenvalue weighted by Gasteiger charge is -2.23. The lowest BCUT2D eigenvalue weighted by molar-refractivity contribution is -0.192. The summed E-state index contributed by atoms with van der Waals surface area (Å²) in [4.78, 5) is 22.7. The quantitative estimate of drug-likeness (QED) is 0.504. The second-order valence-corrected chi connectivity index (χ2v) is 8.96. The predicted molar refractivity (Wildman–Crippen MR) is 122 cm³/mol. The number of carbonyl (C=O) groups is 2. The number of nitrogens with zero attached hydrogens (tertiary/aromatic N) is 1. The van der Waals surface area contributed by atoms with Gasteiger partial charge in [-0.2, -0.15) is 13.2 Å². The molecule has 0 unspecified atom stereocenters. The molecule has 188 valence electrons. The fourth-order valence-electron chi connectivity index (χ4n) is 3.41. The molecule has 0 aliphatic carbocycles. The number of hydrogen-bond acceptors (Lipinski definition) is 5. The molecule has 0 amide bonds. The van der Waals surface area contributed by atoms with E-state index in [0.29, 0.717) is 29.9 Å². The minimum Gasteiger partial charge on any atom is -0.478 e. The summed E-state index contributed by atoms with van der Waals surface area (Å²) in [5.74, 6) is -3.85. The number of alkyl halides is 3. The Hall–Kier alpha value is -3.28. The van der Waals surface area contributed by atoms with E-state index < -0.39 is 28.1 Å². The van der Waals surface area contributed by atoms with Crippen LogP contribution in [0.5, 0.6) is 0 Å². The maximum atomic E-state index is 12.9. The van der Waals surface area contributed by atoms with Gasteiger partial charge in [-0.15, -0.1) is 0 Å². The second-order valence-electron chi connectivity index (χ2n) is 7.35. The fourth-order valence-corrected chi connectivity index (χ4v) is 4.91. The van der Waals surface area contributed by atoms with Crippen LogP contribution in [0.15, 0.2) is 35.2 Å². The maximum Gasteiger partial charge on any atom is 0.490 e. The molecule has 0 aliphatic rings. The number of nitrogens with one attached hydrogen (secondary N) is 1. The van der Waals surface area contributed by atoms with Crippen molar-refractivity contribution in [3.63, 3.8) is 0 Å². The molecule has 2 aromatic carbocycles. The number of aryl methyl sites for hydroxylation is 3. The van der Waals surface area contributed by atoms with E-state index in [0.717, 1.165) is 5.56 Å². The molecule has 0 radical (unpaired) electrons. The second kappa shape index (κ2) is 11.2. The molecule has 0 saturated heterocycles. The lowest BCUT2D eigenvalue weighted by Crippen LogP contribution is -2.24. The Labute approximate surface area is 196 Å². The highest BCUT2D eigenvalue weighted by atomic mass is 32.2. The van der Waals surface area contributed by atoms with E-state index in [9.17, 15) is 31.5 Å². The number of carboxylic acid groups (broad SMARTS) is 2. The lowest BCUT2D eigenvalue weighted by atomic mass is 10.1. The fraction of sp³-hybridized carbons (Fsp3) is 0.364. The Morgan fingerprint density at radius 2 is 1.44 bits per heavy atom. The van der Waals surface area contributed by atoms with Gasteiger partial charge in [-0.1, -0.05) is 17.7 Å². The van der Waals surface area contributed by atoms with Gasteiger partial charge in [-0.05, 0) is 63.9 Å². The van der Waals surface area contributed by atoms with Crippen LogP contribution in [-0.2, 0) is 14.8 Å². The first kappa shape index (κ1) is 28.8. The number of aliphatic carboxylic acids is 1. The number of hydrogen-bond donors (Lipinski definition) is 3. The van der Waals surface area contributed by atoms with E-state index >= 15 is 0 Å². The van der Waals surface area contributed by atoms with Gasteiger partial charge >= 0.3 is 18.1 Å². The molecule has 2 rings (SSSR count). The summed E-state index contributed by atoms with van der Waals surface area (Å²) in [5, 5.41) is 16.7. The molecule has 0 bridgehead atoms. The van der Waals surface area contributed by atoms with Gasteiger partial charge in [0.25, 0.3) is 10.0 Å². The number of halogens is 3. The number of anilines is 2. The van der Waals surface area contributed by atoms with Crippen molar-refractivity contribution in [2.75, 3.05) is 22.7 Å². The topological polar surface area (TPSA) is 124 Å². The average Bonchev–Trinajstić information content (AvgIpc) is 2.68. The summed E-state index contributed by atoms with van der Waals surface area (Å²) >= 11 is 0. The van der Waals surface area contributed by atoms with Crippen LogP contribution in [0.25, 0.3) is 0 Å². The van der Waals surface area contributed by atoms with Gasteiger partial charge in [0.1, 0.15) is 0 Å². The zero-order valence-electron chi connectivity index (χ0n) is 19.3. The van der Waals surface area contributed by atoms with Crippen LogP contribution in [0.3, 0.4) is 0 Å². The smallest absolute Gasteiger partial charge is 0.478 e. The molecule has 34 heavy (non-hydrogen) atoms. The number of rotatable bonds is 7. The van der Waals surface area contributed by atoms with Crippen molar-refractivity contribution < 1.29 is 41.4 Å². The van der Waals surface area contributed by atoms with Crippen LogP contribution in [-0.4, -0.2) is 49.8 Å². The van der Waals surface area contributed by atoms with Crippen LogP contribution in [0.2, 0.25) is 0 Å². The highest BCUT2D eigenvalue weighted by Gasteiger charge is 2.38. The highest BCUT2D eigenvalue weighted by molar-refractivity contribution is 7.92. The van der Waals surface area contributed by atoms with Crippen LogP contribution in [0.1, 0.15) is 40.9 Å². The molecular formula is C22H27F3N2O6S. The molecule has 0 aliphatic heterocycles. The Bertz CT molecular complexity index is 1140. The maximum absolute atomic E-state index is 12.9. The van der Waals surface area contributed by atoms with Gasteiger partial charge in [-0.25, -0.2) is 18.0 Å². The Morgan fingerprint density at radius 3 is 1.82 bits per heavy atom. The van der Waals surface area contributed by atoms with Gasteiger partial charge in [0.15, 0.2) is 0 Å². The van der Waals surface area contributed by atoms with Crippen LogP contribution < -0.4 is 9.62 Å². The minimum atomic E-state index is -5.08. The zero-order chi connectivity index (χ0) is 26.4. The molecule has 0 aromatic heterocycles. The normalized spacial score (nSPS) is 11.3. The molecule has 0 heterocycles. The van der Waals surface area contributed by atoms with Crippen molar-refractivity contribution >= 4 is 33.3 Å². The summed E-state index contributed by atoms with van der Waals surface area (Å²) in [7, 11) is -3.83. The molecule has 0 spiro atoms. The predicted octanol–water partition coefficient (Wildman–Crippen LogP) is 4.59. The van der Waals surface area contributed by atoms with Crippen LogP contribution in [0, 0.1) is 20.8 Å². The average molecular weight is 505 g/mol. The first-order chi connectivity index (χ1) is 15.5. The molecule has 12 heteroatoms. The summed E-state index contributed by atoms with van der Waals surface area (Å²) < 4.78 is 60.1. The van der Waals surface area contributed by atoms with Crippen molar-refractivity contribution in [1.29, 1.82) is 0 Å². The number of aromatic carboxylic acids is 1. The summed E-state index contributed by atoms with van der Waals surface area (Å²) in [6.07, 6.45) is -5.08. The standard InChI is InChI=1S/C20H26N2O4S.C2HF3O2/c1-6-22(7-2)18-9-8-16(12-17(18)20(23)24)21-27(25,26)19-14(4)10-13(3)11-15(19)5;3-2(4,5)1(6)7/h8-12,21H,6-7H2,1-5H3,(H,23,24);(H,6,7). The van der Waals surface area contributed by atoms with E-state index in [-0.39, 0.29) is 16.1 Å². The number of benzene rings is 2. The summed E-state index contributed by atoms with van der Waals surface area (Å²) in [6.45, 7) is 10.6. The SMILES string of the molecule is CCN(CC)c1ccc(NS(=O)(=O)c2c(C)cc(C)cc2C)cc1C(=O)O.O=C(O)C(F)(F)F. The Balaban J connectivity index is 0.000000718. The minimum absolute atomic E-state index is 0.0660. The van der Waals surface area contributed by atoms with Crippen molar-refractivity contribution in [3.05, 3.63) is 52.6 Å². The van der Waals surface area contributed by atoms with Crippen molar-refractivity contribution in [3.8, 4) is 0 Å². The third kappa shape index (κ3) is 7.37. The highest BCUT2D eigenvalue weighted by Crippen LogP contribution is 2.28. The van der Waals surface area contributed by atoms with Crippen LogP contribution >= 0.6 is 0 Å². The molecule has 2 aromatic rings. The van der Waals surface area contributed by atoms with Gasteiger partial charge < -0.3 is 15.1 Å². The third-order valence-electron chi connectivity index (χ3n) is 4.70. The number of sulfonamides is 1. The third-order valence-corrected chi connectivity index (χ3v) is 6.39. The van der Waals surface area contributed by atoms with Crippen LogP contribution in [0.4, 0.5) is 24.5 Å². The van der Waals surface area contributed by atoms with Gasteiger partial charge in [0.2, 0.25) is 0 Å². The largest absolute Gasteiger partial charge is 0.490 e. The Kier molecular flexibility index (Phi) is 9.50. The van der Waals surface area contributed by atoms with E-state index in [4.69, 9.17) is 9.90 Å². The molecule has 0 fully saturated rings. The summed E-state index contributed by atoms with van der Waals surface area (Å²) in [6, 6.07) is 8.23. The summed E-state index contributed by atoms with van der Waals surface area (Å²) in [5.41, 5.74) is 3.15. The first-order valence-electron chi connectivity index (χ1n) is 10.1. The van der Waals surface area contributed by atoms with E-state index in [1.165, 1.54) is 6.07 Å². The Morgan fingerprint density at radius 1 is 0.971 bits per heavy atom. The van der Waals surface area contributed by atoms with Gasteiger partial charge in [0.05, 0.1) is 16.1 Å². The molecule has 0 atom stereocenters. The van der Waals surface area contributed by atoms with E-state index in [1.807, 2.05) is 37.8 Å². The van der Waals surface area contributed by atoms with Crippen molar-refractivity contribution in [2.24, 2.45) is 0 Å². The van der Waals surface area contributed by atoms with Gasteiger partial charge in [-0.3, -0.25) is 4.72 Å². The van der Waals surface area contributed by atoms with E-state index in [2.05, 4.69) is 4.72 Å². The monoisotopic (exact) mass is 504 g/mol.